The zero-order valence-corrected chi connectivity index (χ0v) is 15.8. The first-order valence-corrected chi connectivity index (χ1v) is 10.0. The summed E-state index contributed by atoms with van der Waals surface area (Å²) in [5.41, 5.74) is 1.79. The Bertz CT molecular complexity index is 904. The minimum Gasteiger partial charge on any atom is -0.367 e. The second-order valence-corrected chi connectivity index (χ2v) is 8.18. The van der Waals surface area contributed by atoms with Crippen LogP contribution >= 0.6 is 0 Å². The highest BCUT2D eigenvalue weighted by Gasteiger charge is 2.21. The summed E-state index contributed by atoms with van der Waals surface area (Å²) in [4.78, 5) is 16.1. The summed E-state index contributed by atoms with van der Waals surface area (Å²) in [6.45, 7) is 4.97. The molecular formula is C19H23N3O3S. The maximum absolute atomic E-state index is 12.8. The van der Waals surface area contributed by atoms with Gasteiger partial charge in [0.2, 0.25) is 0 Å². The van der Waals surface area contributed by atoms with E-state index >= 15 is 0 Å². The van der Waals surface area contributed by atoms with Gasteiger partial charge in [-0.25, -0.2) is 8.42 Å². The van der Waals surface area contributed by atoms with E-state index in [0.717, 1.165) is 31.9 Å². The monoisotopic (exact) mass is 373 g/mol. The Morgan fingerprint density at radius 1 is 1.00 bits per heavy atom. The number of anilines is 2. The fraction of sp³-hybridized carbons (Fsp3) is 0.316. The highest BCUT2D eigenvalue weighted by molar-refractivity contribution is 7.92. The van der Waals surface area contributed by atoms with Crippen LogP contribution < -0.4 is 9.62 Å². The van der Waals surface area contributed by atoms with Crippen LogP contribution in [0.3, 0.4) is 0 Å². The predicted octanol–water partition coefficient (Wildman–Crippen LogP) is 2.44. The Hall–Kier alpha value is -2.38. The minimum atomic E-state index is -3.78. The lowest BCUT2D eigenvalue weighted by Crippen LogP contribution is -2.44. The molecule has 0 atom stereocenters. The summed E-state index contributed by atoms with van der Waals surface area (Å²) in [7, 11) is -1.70. The van der Waals surface area contributed by atoms with Crippen molar-refractivity contribution in [1.29, 1.82) is 0 Å². The number of likely N-dealkylation sites (N-methyl/N-ethyl adjacent to an activating group) is 1. The summed E-state index contributed by atoms with van der Waals surface area (Å²) in [6, 6.07) is 13.5. The van der Waals surface area contributed by atoms with Crippen LogP contribution in [0.15, 0.2) is 53.4 Å². The first-order valence-electron chi connectivity index (χ1n) is 8.53. The molecule has 2 aromatic carbocycles. The van der Waals surface area contributed by atoms with E-state index in [1.54, 1.807) is 18.2 Å². The molecule has 1 heterocycles. The molecule has 0 bridgehead atoms. The molecule has 1 N–H and O–H groups in total. The van der Waals surface area contributed by atoms with Crippen LogP contribution in [0, 0.1) is 0 Å². The van der Waals surface area contributed by atoms with E-state index in [0.29, 0.717) is 11.3 Å². The summed E-state index contributed by atoms with van der Waals surface area (Å²) >= 11 is 0. The van der Waals surface area contributed by atoms with Crippen molar-refractivity contribution in [3.8, 4) is 0 Å². The number of nitrogens with zero attached hydrogens (tertiary/aromatic N) is 2. The molecule has 0 unspecified atom stereocenters. The fourth-order valence-corrected chi connectivity index (χ4v) is 4.09. The molecule has 0 spiro atoms. The molecule has 2 aromatic rings. The largest absolute Gasteiger partial charge is 0.367 e. The number of piperazine rings is 1. The molecule has 1 aliphatic heterocycles. The average Bonchev–Trinajstić information content (AvgIpc) is 2.63. The first-order chi connectivity index (χ1) is 12.4. The van der Waals surface area contributed by atoms with Crippen LogP contribution in [-0.2, 0) is 10.0 Å². The smallest absolute Gasteiger partial charge is 0.261 e. The second kappa shape index (κ2) is 7.47. The van der Waals surface area contributed by atoms with Gasteiger partial charge in [-0.1, -0.05) is 24.3 Å². The molecule has 26 heavy (non-hydrogen) atoms. The highest BCUT2D eigenvalue weighted by atomic mass is 32.2. The van der Waals surface area contributed by atoms with Crippen LogP contribution in [0.1, 0.15) is 17.3 Å². The number of carbonyl (C=O) groups is 1. The molecule has 0 aliphatic carbocycles. The number of sulfonamides is 1. The number of rotatable bonds is 5. The maximum Gasteiger partial charge on any atom is 0.261 e. The lowest BCUT2D eigenvalue weighted by molar-refractivity contribution is 0.101. The summed E-state index contributed by atoms with van der Waals surface area (Å²) in [5.74, 6) is -0.167. The van der Waals surface area contributed by atoms with Gasteiger partial charge >= 0.3 is 0 Å². The van der Waals surface area contributed by atoms with E-state index in [-0.39, 0.29) is 10.7 Å². The highest BCUT2D eigenvalue weighted by Crippen LogP contribution is 2.29. The van der Waals surface area contributed by atoms with Crippen molar-refractivity contribution < 1.29 is 13.2 Å². The standard InChI is InChI=1S/C19H23N3O3S/c1-15(23)16-6-5-7-17(14-16)26(24,25)20-18-8-3-4-9-19(18)22-12-10-21(2)11-13-22/h3-9,14,20H,10-13H2,1-2H3. The van der Waals surface area contributed by atoms with Gasteiger partial charge in [-0.05, 0) is 38.2 Å². The van der Waals surface area contributed by atoms with Crippen molar-refractivity contribution in [2.75, 3.05) is 42.8 Å². The van der Waals surface area contributed by atoms with Gasteiger partial charge in [0.25, 0.3) is 10.0 Å². The SMILES string of the molecule is CC(=O)c1cccc(S(=O)(=O)Nc2ccccc2N2CCN(C)CC2)c1. The maximum atomic E-state index is 12.8. The van der Waals surface area contributed by atoms with Gasteiger partial charge < -0.3 is 9.80 Å². The van der Waals surface area contributed by atoms with E-state index in [2.05, 4.69) is 21.6 Å². The third kappa shape index (κ3) is 4.05. The van der Waals surface area contributed by atoms with Crippen LogP contribution in [0.4, 0.5) is 11.4 Å². The van der Waals surface area contributed by atoms with Crippen molar-refractivity contribution in [2.24, 2.45) is 0 Å². The zero-order valence-electron chi connectivity index (χ0n) is 15.0. The molecule has 1 fully saturated rings. The lowest BCUT2D eigenvalue weighted by Gasteiger charge is -2.35. The second-order valence-electron chi connectivity index (χ2n) is 6.50. The first kappa shape index (κ1) is 18.4. The van der Waals surface area contributed by atoms with Crippen molar-refractivity contribution in [1.82, 2.24) is 4.90 Å². The van der Waals surface area contributed by atoms with E-state index in [1.165, 1.54) is 19.1 Å². The number of carbonyl (C=O) groups excluding carboxylic acids is 1. The predicted molar refractivity (Wildman–Crippen MR) is 103 cm³/mol. The molecule has 138 valence electrons. The van der Waals surface area contributed by atoms with Gasteiger partial charge in [-0.2, -0.15) is 0 Å². The van der Waals surface area contributed by atoms with Crippen molar-refractivity contribution in [3.05, 3.63) is 54.1 Å². The van der Waals surface area contributed by atoms with Gasteiger partial charge in [-0.3, -0.25) is 9.52 Å². The number of nitrogens with one attached hydrogen (secondary N) is 1. The molecule has 3 rings (SSSR count). The van der Waals surface area contributed by atoms with Crippen LogP contribution in [-0.4, -0.2) is 52.3 Å². The third-order valence-corrected chi connectivity index (χ3v) is 5.91. The number of para-hydroxylation sites is 2. The summed E-state index contributed by atoms with van der Waals surface area (Å²) < 4.78 is 28.3. The molecule has 6 nitrogen and oxygen atoms in total. The number of Topliss-reactive ketones (excluding diaryl/α,β-unsaturated/α-hetero) is 1. The Morgan fingerprint density at radius 2 is 1.69 bits per heavy atom. The molecule has 0 amide bonds. The Labute approximate surface area is 154 Å². The normalized spacial score (nSPS) is 15.7. The van der Waals surface area contributed by atoms with Gasteiger partial charge in [0, 0.05) is 31.7 Å². The molecule has 0 aromatic heterocycles. The third-order valence-electron chi connectivity index (χ3n) is 4.54. The Kier molecular flexibility index (Phi) is 5.29. The molecular weight excluding hydrogens is 350 g/mol. The van der Waals surface area contributed by atoms with E-state index < -0.39 is 10.0 Å². The topological polar surface area (TPSA) is 69.7 Å². The quantitative estimate of drug-likeness (QED) is 0.816. The number of hydrogen-bond donors (Lipinski definition) is 1. The lowest BCUT2D eigenvalue weighted by atomic mass is 10.2. The molecule has 1 aliphatic rings. The minimum absolute atomic E-state index is 0.0818. The van der Waals surface area contributed by atoms with Crippen molar-refractivity contribution in [2.45, 2.75) is 11.8 Å². The molecule has 0 radical (unpaired) electrons. The van der Waals surface area contributed by atoms with Crippen LogP contribution in [0.2, 0.25) is 0 Å². The molecule has 1 saturated heterocycles. The van der Waals surface area contributed by atoms with Crippen LogP contribution in [0.5, 0.6) is 0 Å². The number of hydrogen-bond acceptors (Lipinski definition) is 5. The van der Waals surface area contributed by atoms with Crippen LogP contribution in [0.25, 0.3) is 0 Å². The molecule has 0 saturated carbocycles. The Morgan fingerprint density at radius 3 is 2.38 bits per heavy atom. The van der Waals surface area contributed by atoms with Gasteiger partial charge in [-0.15, -0.1) is 0 Å². The number of benzene rings is 2. The van der Waals surface area contributed by atoms with Gasteiger partial charge in [0.15, 0.2) is 5.78 Å². The summed E-state index contributed by atoms with van der Waals surface area (Å²) in [6.07, 6.45) is 0. The zero-order chi connectivity index (χ0) is 18.7. The van der Waals surface area contributed by atoms with Gasteiger partial charge in [0.1, 0.15) is 0 Å². The summed E-state index contributed by atoms with van der Waals surface area (Å²) in [5, 5.41) is 0. The van der Waals surface area contributed by atoms with E-state index in [1.807, 2.05) is 18.2 Å². The van der Waals surface area contributed by atoms with E-state index in [9.17, 15) is 13.2 Å². The van der Waals surface area contributed by atoms with E-state index in [4.69, 9.17) is 0 Å². The van der Waals surface area contributed by atoms with Crippen molar-refractivity contribution >= 4 is 27.2 Å². The molecule has 7 heteroatoms. The van der Waals surface area contributed by atoms with Gasteiger partial charge in [0.05, 0.1) is 16.3 Å². The van der Waals surface area contributed by atoms with Crippen molar-refractivity contribution in [3.63, 3.8) is 0 Å². The Balaban J connectivity index is 1.89. The fourth-order valence-electron chi connectivity index (χ4n) is 2.97. The average molecular weight is 373 g/mol. The number of ketones is 1.